The summed E-state index contributed by atoms with van der Waals surface area (Å²) in [6.07, 6.45) is 5.21. The zero-order valence-corrected chi connectivity index (χ0v) is 16.1. The maximum Gasteiger partial charge on any atom is 0.303 e. The Morgan fingerprint density at radius 1 is 1.43 bits per heavy atom. The summed E-state index contributed by atoms with van der Waals surface area (Å²) in [5.41, 5.74) is 0.417. The highest BCUT2D eigenvalue weighted by molar-refractivity contribution is 5.72. The van der Waals surface area contributed by atoms with E-state index in [1.165, 1.54) is 11.1 Å². The van der Waals surface area contributed by atoms with E-state index in [9.17, 15) is 9.18 Å². The topological polar surface area (TPSA) is 75.5 Å². The number of nitrogens with zero attached hydrogens (tertiary/aromatic N) is 3. The molecule has 1 aromatic heterocycles. The third kappa shape index (κ3) is 4.55. The Hall–Kier alpha value is -2.35. The predicted octanol–water partition coefficient (Wildman–Crippen LogP) is 3.76. The molecular weight excluding hydrogens is 368 g/mol. The van der Waals surface area contributed by atoms with Gasteiger partial charge in [0, 0.05) is 43.8 Å². The first kappa shape index (κ1) is 20.4. The van der Waals surface area contributed by atoms with Crippen LogP contribution in [0.3, 0.4) is 0 Å². The minimum atomic E-state index is -2.20. The van der Waals surface area contributed by atoms with E-state index in [2.05, 4.69) is 9.97 Å². The Kier molecular flexibility index (Phi) is 6.07. The number of ether oxygens (including phenoxy) is 1. The highest BCUT2D eigenvalue weighted by Crippen LogP contribution is 2.40. The average Bonchev–Trinajstić information content (AvgIpc) is 2.64. The third-order valence-corrected chi connectivity index (χ3v) is 5.06. The van der Waals surface area contributed by atoms with E-state index in [1.54, 1.807) is 12.1 Å². The van der Waals surface area contributed by atoms with E-state index in [1.807, 2.05) is 13.8 Å². The number of hydrogen-bond donors (Lipinski definition) is 1. The van der Waals surface area contributed by atoms with Crippen molar-refractivity contribution >= 4 is 11.5 Å². The summed E-state index contributed by atoms with van der Waals surface area (Å²) >= 11 is 0. The molecule has 2 aliphatic rings. The summed E-state index contributed by atoms with van der Waals surface area (Å²) in [7, 11) is 0. The van der Waals surface area contributed by atoms with Crippen LogP contribution in [0, 0.1) is 5.92 Å². The molecule has 1 aromatic rings. The van der Waals surface area contributed by atoms with Crippen molar-refractivity contribution in [1.82, 2.24) is 14.9 Å². The number of carboxylic acids is 1. The number of carbonyl (C=O) groups is 1. The number of hydrogen-bond acceptors (Lipinski definition) is 5. The molecule has 1 aliphatic heterocycles. The molecule has 1 saturated heterocycles. The number of rotatable bonds is 6. The molecular formula is C20H25F2N3O3. The Balaban J connectivity index is 1.70. The van der Waals surface area contributed by atoms with E-state index < -0.39 is 17.6 Å². The summed E-state index contributed by atoms with van der Waals surface area (Å²) in [5, 5.41) is 8.89. The predicted molar refractivity (Wildman–Crippen MR) is 100.0 cm³/mol. The minimum absolute atomic E-state index is 0.0104. The van der Waals surface area contributed by atoms with Gasteiger partial charge in [-0.2, -0.15) is 4.98 Å². The van der Waals surface area contributed by atoms with Crippen LogP contribution in [-0.2, 0) is 4.79 Å². The fourth-order valence-corrected chi connectivity index (χ4v) is 3.61. The Bertz CT molecular complexity index is 789. The van der Waals surface area contributed by atoms with E-state index >= 15 is 4.39 Å². The molecule has 6 nitrogen and oxygen atoms in total. The molecule has 152 valence electrons. The van der Waals surface area contributed by atoms with E-state index in [0.29, 0.717) is 37.4 Å². The highest BCUT2D eigenvalue weighted by atomic mass is 19.2. The number of aliphatic carboxylic acids is 1. The quantitative estimate of drug-likeness (QED) is 0.742. The number of alkyl halides is 1. The maximum absolute atomic E-state index is 15.4. The van der Waals surface area contributed by atoms with Gasteiger partial charge in [-0.3, -0.25) is 9.69 Å². The second-order valence-electron chi connectivity index (χ2n) is 7.53. The van der Waals surface area contributed by atoms with E-state index in [4.69, 9.17) is 9.84 Å². The maximum atomic E-state index is 15.4. The van der Waals surface area contributed by atoms with E-state index in [-0.39, 0.29) is 30.7 Å². The van der Waals surface area contributed by atoms with Gasteiger partial charge in [-0.25, -0.2) is 13.8 Å². The molecule has 0 amide bonds. The van der Waals surface area contributed by atoms with Gasteiger partial charge >= 0.3 is 5.97 Å². The number of likely N-dealkylation sites (tertiary alicyclic amines) is 1. The average molecular weight is 393 g/mol. The van der Waals surface area contributed by atoms with Gasteiger partial charge < -0.3 is 9.84 Å². The van der Waals surface area contributed by atoms with Gasteiger partial charge in [0.2, 0.25) is 11.7 Å². The van der Waals surface area contributed by atoms with E-state index in [0.717, 1.165) is 6.08 Å². The molecule has 1 fully saturated rings. The van der Waals surface area contributed by atoms with Crippen molar-refractivity contribution in [3.63, 3.8) is 0 Å². The summed E-state index contributed by atoms with van der Waals surface area (Å²) in [6.45, 7) is 4.40. The van der Waals surface area contributed by atoms with Crippen LogP contribution in [0.2, 0.25) is 0 Å². The van der Waals surface area contributed by atoms with Gasteiger partial charge in [0.15, 0.2) is 11.7 Å². The number of aromatic nitrogens is 2. The number of allylic oxidation sites excluding steroid dienone is 2. The Labute approximate surface area is 162 Å². The SMILES string of the molecule is CC(C)Oc1ccnc(C2=CCC(F)(N3CCC(CC(=O)O)CC3)C(F)=C2)n1. The number of carboxylic acid groups (broad SMARTS) is 1. The summed E-state index contributed by atoms with van der Waals surface area (Å²) in [6, 6.07) is 1.62. The standard InChI is InChI=1S/C20H25F2N3O3/c1-13(2)28-17-4-8-23-19(24-17)15-3-7-20(22,16(21)12-15)25-9-5-14(6-10-25)11-18(26)27/h3-4,8,12-14H,5-7,9-11H2,1-2H3,(H,26,27). The zero-order valence-electron chi connectivity index (χ0n) is 16.1. The van der Waals surface area contributed by atoms with Gasteiger partial charge in [0.25, 0.3) is 0 Å². The summed E-state index contributed by atoms with van der Waals surface area (Å²) in [5.74, 6) is -3.25. The summed E-state index contributed by atoms with van der Waals surface area (Å²) in [4.78, 5) is 20.7. The van der Waals surface area contributed by atoms with Crippen molar-refractivity contribution in [2.75, 3.05) is 13.1 Å². The van der Waals surface area contributed by atoms with Gasteiger partial charge in [-0.15, -0.1) is 0 Å². The Morgan fingerprint density at radius 2 is 2.14 bits per heavy atom. The first-order valence-corrected chi connectivity index (χ1v) is 9.51. The molecule has 0 radical (unpaired) electrons. The van der Waals surface area contributed by atoms with Gasteiger partial charge in [-0.05, 0) is 38.7 Å². The molecule has 28 heavy (non-hydrogen) atoms. The van der Waals surface area contributed by atoms with Crippen LogP contribution in [0.4, 0.5) is 8.78 Å². The normalized spacial score (nSPS) is 24.0. The highest BCUT2D eigenvalue weighted by Gasteiger charge is 2.44. The van der Waals surface area contributed by atoms with Crippen molar-refractivity contribution in [2.24, 2.45) is 5.92 Å². The molecule has 0 bridgehead atoms. The molecule has 0 aromatic carbocycles. The lowest BCUT2D eigenvalue weighted by atomic mass is 9.90. The number of halogens is 2. The van der Waals surface area contributed by atoms with Gasteiger partial charge in [0.1, 0.15) is 0 Å². The fraction of sp³-hybridized carbons (Fsp3) is 0.550. The zero-order chi connectivity index (χ0) is 20.3. The van der Waals surface area contributed by atoms with Gasteiger partial charge in [0.05, 0.1) is 6.10 Å². The lowest BCUT2D eigenvalue weighted by Crippen LogP contribution is -2.50. The molecule has 8 heteroatoms. The summed E-state index contributed by atoms with van der Waals surface area (Å²) < 4.78 is 35.8. The van der Waals surface area contributed by atoms with Crippen LogP contribution in [-0.4, -0.2) is 50.9 Å². The van der Waals surface area contributed by atoms with Crippen LogP contribution in [0.1, 0.15) is 45.4 Å². The van der Waals surface area contributed by atoms with Crippen LogP contribution >= 0.6 is 0 Å². The van der Waals surface area contributed by atoms with Crippen molar-refractivity contribution in [1.29, 1.82) is 0 Å². The molecule has 1 aliphatic carbocycles. The van der Waals surface area contributed by atoms with Crippen molar-refractivity contribution in [3.8, 4) is 5.88 Å². The van der Waals surface area contributed by atoms with Crippen molar-refractivity contribution in [2.45, 2.75) is 51.4 Å². The molecule has 3 rings (SSSR count). The Morgan fingerprint density at radius 3 is 2.75 bits per heavy atom. The molecule has 2 heterocycles. The van der Waals surface area contributed by atoms with Gasteiger partial charge in [-0.1, -0.05) is 6.08 Å². The van der Waals surface area contributed by atoms with Crippen LogP contribution in [0.15, 0.2) is 30.2 Å². The lowest BCUT2D eigenvalue weighted by Gasteiger charge is -2.41. The lowest BCUT2D eigenvalue weighted by molar-refractivity contribution is -0.138. The molecule has 0 saturated carbocycles. The first-order chi connectivity index (χ1) is 13.3. The largest absolute Gasteiger partial charge is 0.481 e. The van der Waals surface area contributed by atoms with Crippen LogP contribution in [0.25, 0.3) is 5.57 Å². The molecule has 1 N–H and O–H groups in total. The number of piperidine rings is 1. The molecule has 0 spiro atoms. The monoisotopic (exact) mass is 393 g/mol. The second kappa shape index (κ2) is 8.34. The van der Waals surface area contributed by atoms with Crippen LogP contribution < -0.4 is 4.74 Å². The smallest absolute Gasteiger partial charge is 0.303 e. The fourth-order valence-electron chi connectivity index (χ4n) is 3.61. The third-order valence-electron chi connectivity index (χ3n) is 5.06. The first-order valence-electron chi connectivity index (χ1n) is 9.51. The minimum Gasteiger partial charge on any atom is -0.481 e. The molecule has 1 unspecified atom stereocenters. The molecule has 1 atom stereocenters. The second-order valence-corrected chi connectivity index (χ2v) is 7.53. The van der Waals surface area contributed by atoms with Crippen LogP contribution in [0.5, 0.6) is 5.88 Å². The van der Waals surface area contributed by atoms with Crippen molar-refractivity contribution in [3.05, 3.63) is 36.1 Å². The van der Waals surface area contributed by atoms with Crippen molar-refractivity contribution < 1.29 is 23.4 Å².